The molecule has 0 aliphatic carbocycles. The molecule has 0 aliphatic heterocycles. The molecule has 2 heterocycles. The third-order valence-electron chi connectivity index (χ3n) is 4.67. The summed E-state index contributed by atoms with van der Waals surface area (Å²) in [6.07, 6.45) is 6.86. The molecule has 7 nitrogen and oxygen atoms in total. The van der Waals surface area contributed by atoms with E-state index >= 15 is 0 Å². The number of amides is 1. The number of rotatable bonds is 7. The maximum absolute atomic E-state index is 12.3. The number of para-hydroxylation sites is 1. The molecule has 0 aliphatic rings. The van der Waals surface area contributed by atoms with Crippen molar-refractivity contribution in [2.45, 2.75) is 13.1 Å². The summed E-state index contributed by atoms with van der Waals surface area (Å²) in [5, 5.41) is 7.45. The highest BCUT2D eigenvalue weighted by Crippen LogP contribution is 2.24. The minimum Gasteiger partial charge on any atom is -0.496 e. The zero-order valence-corrected chi connectivity index (χ0v) is 16.5. The molecule has 0 radical (unpaired) electrons. The van der Waals surface area contributed by atoms with Gasteiger partial charge in [-0.3, -0.25) is 9.48 Å². The first kappa shape index (κ1) is 19.3. The third-order valence-corrected chi connectivity index (χ3v) is 4.67. The van der Waals surface area contributed by atoms with Crippen LogP contribution in [0.5, 0.6) is 5.75 Å². The first-order chi connectivity index (χ1) is 14.7. The second kappa shape index (κ2) is 9.00. The Balaban J connectivity index is 1.41. The number of ether oxygens (including phenoxy) is 1. The maximum atomic E-state index is 12.3. The average Bonchev–Trinajstić information content (AvgIpc) is 3.27. The highest BCUT2D eigenvalue weighted by molar-refractivity contribution is 5.76. The first-order valence-electron chi connectivity index (χ1n) is 9.51. The van der Waals surface area contributed by atoms with E-state index in [9.17, 15) is 4.79 Å². The maximum Gasteiger partial charge on any atom is 0.242 e. The van der Waals surface area contributed by atoms with Crippen LogP contribution in [0.1, 0.15) is 5.56 Å². The van der Waals surface area contributed by atoms with Crippen molar-refractivity contribution in [3.8, 4) is 28.1 Å². The number of hydrogen-bond donors (Lipinski definition) is 1. The van der Waals surface area contributed by atoms with Gasteiger partial charge in [-0.2, -0.15) is 5.10 Å². The van der Waals surface area contributed by atoms with Crippen LogP contribution in [0, 0.1) is 0 Å². The lowest BCUT2D eigenvalue weighted by Gasteiger charge is -2.09. The molecule has 2 aromatic heterocycles. The number of carbonyl (C=O) groups is 1. The number of aromatic nitrogens is 4. The van der Waals surface area contributed by atoms with Crippen molar-refractivity contribution < 1.29 is 9.53 Å². The van der Waals surface area contributed by atoms with E-state index in [-0.39, 0.29) is 12.5 Å². The second-order valence-corrected chi connectivity index (χ2v) is 6.70. The molecule has 2 aromatic carbocycles. The molecule has 150 valence electrons. The highest BCUT2D eigenvalue weighted by Gasteiger charge is 2.09. The van der Waals surface area contributed by atoms with Gasteiger partial charge in [0.05, 0.1) is 12.8 Å². The smallest absolute Gasteiger partial charge is 0.242 e. The molecule has 0 saturated carbocycles. The lowest BCUT2D eigenvalue weighted by atomic mass is 10.0. The van der Waals surface area contributed by atoms with Gasteiger partial charge in [0.2, 0.25) is 5.91 Å². The SMILES string of the molecule is COc1ccccc1CNC(=O)Cn1ccc(-c2cccc(-c3cncnc3)c2)n1. The van der Waals surface area contributed by atoms with E-state index in [0.29, 0.717) is 6.54 Å². The van der Waals surface area contributed by atoms with Gasteiger partial charge in [0.15, 0.2) is 0 Å². The van der Waals surface area contributed by atoms with E-state index in [1.165, 1.54) is 6.33 Å². The fraction of sp³-hybridized carbons (Fsp3) is 0.130. The Morgan fingerprint density at radius 2 is 1.80 bits per heavy atom. The molecule has 4 rings (SSSR count). The van der Waals surface area contributed by atoms with Crippen LogP contribution in [0.3, 0.4) is 0 Å². The summed E-state index contributed by atoms with van der Waals surface area (Å²) >= 11 is 0. The molecule has 7 heteroatoms. The molecule has 4 aromatic rings. The molecule has 0 unspecified atom stereocenters. The van der Waals surface area contributed by atoms with Gasteiger partial charge in [-0.05, 0) is 23.8 Å². The van der Waals surface area contributed by atoms with Crippen molar-refractivity contribution in [2.75, 3.05) is 7.11 Å². The number of benzene rings is 2. The number of hydrogen-bond acceptors (Lipinski definition) is 5. The molecular weight excluding hydrogens is 378 g/mol. The Morgan fingerprint density at radius 1 is 1.00 bits per heavy atom. The van der Waals surface area contributed by atoms with Crippen LogP contribution in [-0.2, 0) is 17.9 Å². The van der Waals surface area contributed by atoms with Crippen LogP contribution in [0.4, 0.5) is 0 Å². The first-order valence-corrected chi connectivity index (χ1v) is 9.51. The minimum absolute atomic E-state index is 0.120. The van der Waals surface area contributed by atoms with E-state index in [0.717, 1.165) is 33.7 Å². The molecule has 1 N–H and O–H groups in total. The van der Waals surface area contributed by atoms with Gasteiger partial charge in [0.1, 0.15) is 18.6 Å². The molecule has 0 atom stereocenters. The fourth-order valence-electron chi connectivity index (χ4n) is 3.16. The average molecular weight is 399 g/mol. The van der Waals surface area contributed by atoms with Crippen LogP contribution in [0.2, 0.25) is 0 Å². The number of carbonyl (C=O) groups excluding carboxylic acids is 1. The topological polar surface area (TPSA) is 81.9 Å². The Kier molecular flexibility index (Phi) is 5.80. The van der Waals surface area contributed by atoms with Crippen LogP contribution in [0.25, 0.3) is 22.4 Å². The van der Waals surface area contributed by atoms with Crippen LogP contribution in [0.15, 0.2) is 79.5 Å². The number of methoxy groups -OCH3 is 1. The van der Waals surface area contributed by atoms with E-state index in [1.54, 1.807) is 30.4 Å². The molecule has 0 bridgehead atoms. The summed E-state index contributed by atoms with van der Waals surface area (Å²) in [6.45, 7) is 0.541. The van der Waals surface area contributed by atoms with E-state index in [2.05, 4.69) is 20.4 Å². The summed E-state index contributed by atoms with van der Waals surface area (Å²) in [5.74, 6) is 0.633. The normalized spacial score (nSPS) is 10.6. The van der Waals surface area contributed by atoms with E-state index in [4.69, 9.17) is 4.74 Å². The van der Waals surface area contributed by atoms with Crippen molar-refractivity contribution in [3.63, 3.8) is 0 Å². The van der Waals surface area contributed by atoms with Crippen molar-refractivity contribution in [2.24, 2.45) is 0 Å². The zero-order valence-electron chi connectivity index (χ0n) is 16.5. The summed E-state index contributed by atoms with van der Waals surface area (Å²) in [7, 11) is 1.62. The van der Waals surface area contributed by atoms with Gasteiger partial charge in [-0.25, -0.2) is 9.97 Å². The standard InChI is InChI=1S/C23H21N5O2/c1-30-22-8-3-2-5-19(22)14-26-23(29)15-28-10-9-21(27-28)18-7-4-6-17(11-18)20-12-24-16-25-13-20/h2-13,16H,14-15H2,1H3,(H,26,29). The quantitative estimate of drug-likeness (QED) is 0.515. The summed E-state index contributed by atoms with van der Waals surface area (Å²) < 4.78 is 6.94. The van der Waals surface area contributed by atoms with Crippen molar-refractivity contribution in [1.29, 1.82) is 0 Å². The van der Waals surface area contributed by atoms with Crippen LogP contribution < -0.4 is 10.1 Å². The number of nitrogens with one attached hydrogen (secondary N) is 1. The van der Waals surface area contributed by atoms with Crippen molar-refractivity contribution >= 4 is 5.91 Å². The molecule has 0 fully saturated rings. The lowest BCUT2D eigenvalue weighted by Crippen LogP contribution is -2.27. The minimum atomic E-state index is -0.120. The van der Waals surface area contributed by atoms with Gasteiger partial charge in [0.25, 0.3) is 0 Å². The Labute approximate surface area is 174 Å². The number of nitrogens with zero attached hydrogens (tertiary/aromatic N) is 4. The molecule has 30 heavy (non-hydrogen) atoms. The zero-order chi connectivity index (χ0) is 20.8. The predicted molar refractivity (Wildman–Crippen MR) is 114 cm³/mol. The molecular formula is C23H21N5O2. The highest BCUT2D eigenvalue weighted by atomic mass is 16.5. The monoisotopic (exact) mass is 399 g/mol. The Bertz CT molecular complexity index is 1140. The molecule has 1 amide bonds. The largest absolute Gasteiger partial charge is 0.496 e. The van der Waals surface area contributed by atoms with Crippen molar-refractivity contribution in [3.05, 3.63) is 85.1 Å². The second-order valence-electron chi connectivity index (χ2n) is 6.70. The summed E-state index contributed by atoms with van der Waals surface area (Å²) in [4.78, 5) is 20.5. The van der Waals surface area contributed by atoms with Gasteiger partial charge < -0.3 is 10.1 Å². The lowest BCUT2D eigenvalue weighted by molar-refractivity contribution is -0.122. The van der Waals surface area contributed by atoms with Gasteiger partial charge in [-0.15, -0.1) is 0 Å². The molecule has 0 saturated heterocycles. The van der Waals surface area contributed by atoms with Crippen LogP contribution >= 0.6 is 0 Å². The van der Waals surface area contributed by atoms with E-state index < -0.39 is 0 Å². The van der Waals surface area contributed by atoms with E-state index in [1.807, 2.05) is 54.6 Å². The third kappa shape index (κ3) is 4.52. The van der Waals surface area contributed by atoms with Crippen molar-refractivity contribution in [1.82, 2.24) is 25.1 Å². The summed E-state index contributed by atoms with van der Waals surface area (Å²) in [5.41, 5.74) is 4.64. The Hall–Kier alpha value is -4.00. The fourth-order valence-corrected chi connectivity index (χ4v) is 3.16. The van der Waals surface area contributed by atoms with Gasteiger partial charge in [-0.1, -0.05) is 36.4 Å². The molecule has 0 spiro atoms. The van der Waals surface area contributed by atoms with Gasteiger partial charge in [0, 0.05) is 41.8 Å². The summed E-state index contributed by atoms with van der Waals surface area (Å²) in [6, 6.07) is 17.5. The Morgan fingerprint density at radius 3 is 2.63 bits per heavy atom. The van der Waals surface area contributed by atoms with Crippen LogP contribution in [-0.4, -0.2) is 32.8 Å². The predicted octanol–water partition coefficient (Wildman–Crippen LogP) is 3.33. The van der Waals surface area contributed by atoms with Gasteiger partial charge >= 0.3 is 0 Å².